The molecule has 1 amide bonds. The molecule has 136 valence electrons. The Balaban J connectivity index is 2.58. The van der Waals surface area contributed by atoms with Crippen LogP contribution in [0.3, 0.4) is 0 Å². The van der Waals surface area contributed by atoms with E-state index in [0.717, 1.165) is 17.1 Å². The topological polar surface area (TPSA) is 35.9 Å². The van der Waals surface area contributed by atoms with Crippen molar-refractivity contribution in [3.63, 3.8) is 0 Å². The number of anilines is 1. The number of hydrogen-bond acceptors (Lipinski definition) is 3. The molecule has 2 rings (SSSR count). The van der Waals surface area contributed by atoms with Gasteiger partial charge in [0.15, 0.2) is 0 Å². The second-order valence-electron chi connectivity index (χ2n) is 6.05. The first kappa shape index (κ1) is 19.6. The van der Waals surface area contributed by atoms with Crippen molar-refractivity contribution in [1.29, 1.82) is 0 Å². The zero-order valence-electron chi connectivity index (χ0n) is 13.9. The summed E-state index contributed by atoms with van der Waals surface area (Å²) in [6, 6.07) is 1.46. The Kier molecular flexibility index (Phi) is 5.39. The minimum Gasteiger partial charge on any atom is -0.383 e. The van der Waals surface area contributed by atoms with Gasteiger partial charge < -0.3 is 4.90 Å². The molecule has 0 spiro atoms. The number of amides is 1. The molecule has 0 aliphatic carbocycles. The van der Waals surface area contributed by atoms with Crippen molar-refractivity contribution in [3.8, 4) is 0 Å². The van der Waals surface area contributed by atoms with Gasteiger partial charge in [0.2, 0.25) is 0 Å². The van der Waals surface area contributed by atoms with Gasteiger partial charge in [-0.25, -0.2) is 0 Å². The summed E-state index contributed by atoms with van der Waals surface area (Å²) in [5, 5.41) is 4.60. The summed E-state index contributed by atoms with van der Waals surface area (Å²) in [6.07, 6.45) is -2.99. The molecule has 0 saturated carbocycles. The van der Waals surface area contributed by atoms with Gasteiger partial charge in [-0.3, -0.25) is 4.79 Å². The van der Waals surface area contributed by atoms with E-state index in [1.165, 1.54) is 0 Å². The zero-order valence-corrected chi connectivity index (χ0v) is 15.5. The zero-order chi connectivity index (χ0) is 19.1. The molecule has 0 atom stereocenters. The summed E-state index contributed by atoms with van der Waals surface area (Å²) in [5.74, 6) is -0.576. The van der Waals surface area contributed by atoms with Gasteiger partial charge in [0.1, 0.15) is 5.69 Å². The molecular formula is C16H16Cl2F3N3O. The molecule has 1 heterocycles. The van der Waals surface area contributed by atoms with E-state index in [9.17, 15) is 18.0 Å². The maximum absolute atomic E-state index is 12.9. The average molecular weight is 394 g/mol. The van der Waals surface area contributed by atoms with Crippen molar-refractivity contribution in [2.75, 3.05) is 19.1 Å². The predicted octanol–water partition coefficient (Wildman–Crippen LogP) is 4.82. The van der Waals surface area contributed by atoms with Gasteiger partial charge in [0.05, 0.1) is 26.9 Å². The van der Waals surface area contributed by atoms with Crippen LogP contribution in [0.15, 0.2) is 29.0 Å². The minimum absolute atomic E-state index is 0.0679. The second kappa shape index (κ2) is 6.88. The number of carbonyl (C=O) groups is 1. The summed E-state index contributed by atoms with van der Waals surface area (Å²) < 4.78 is 38.6. The van der Waals surface area contributed by atoms with Gasteiger partial charge in [0.25, 0.3) is 5.91 Å². The summed E-state index contributed by atoms with van der Waals surface area (Å²) in [5.41, 5.74) is -0.214. The number of benzene rings is 1. The van der Waals surface area contributed by atoms with Crippen molar-refractivity contribution in [3.05, 3.63) is 39.5 Å². The lowest BCUT2D eigenvalue weighted by Gasteiger charge is -2.17. The van der Waals surface area contributed by atoms with Crippen molar-refractivity contribution in [2.24, 2.45) is 11.0 Å². The summed E-state index contributed by atoms with van der Waals surface area (Å²) in [7, 11) is 3.50. The van der Waals surface area contributed by atoms with Crippen molar-refractivity contribution >= 4 is 40.5 Å². The quantitative estimate of drug-likeness (QED) is 0.690. The van der Waals surface area contributed by atoms with E-state index in [2.05, 4.69) is 5.10 Å². The van der Waals surface area contributed by atoms with E-state index in [1.807, 2.05) is 13.8 Å². The first-order valence-corrected chi connectivity index (χ1v) is 8.07. The highest BCUT2D eigenvalue weighted by Crippen LogP contribution is 2.42. The Bertz CT molecular complexity index is 747. The Morgan fingerprint density at radius 3 is 2.12 bits per heavy atom. The monoisotopic (exact) mass is 393 g/mol. The molecule has 9 heteroatoms. The standard InChI is InChI=1S/C16H16Cl2F3N3O/c1-8(2)13-10(7-23(3)4)15(25)24(22-13)14-11(17)5-9(6-12(14)18)16(19,20)21/h5-8H,1-4H3. The minimum atomic E-state index is -4.59. The molecule has 0 fully saturated rings. The van der Waals surface area contributed by atoms with Crippen LogP contribution in [-0.2, 0) is 11.0 Å². The molecule has 4 nitrogen and oxygen atoms in total. The van der Waals surface area contributed by atoms with Crippen LogP contribution in [0.5, 0.6) is 0 Å². The van der Waals surface area contributed by atoms with Crippen LogP contribution in [0.2, 0.25) is 10.0 Å². The number of nitrogens with zero attached hydrogens (tertiary/aromatic N) is 3. The highest BCUT2D eigenvalue weighted by molar-refractivity contribution is 6.42. The highest BCUT2D eigenvalue weighted by Gasteiger charge is 2.37. The van der Waals surface area contributed by atoms with E-state index < -0.39 is 17.6 Å². The molecule has 0 aromatic heterocycles. The normalized spacial score (nSPS) is 16.9. The fraction of sp³-hybridized carbons (Fsp3) is 0.375. The van der Waals surface area contributed by atoms with Crippen molar-refractivity contribution in [1.82, 2.24) is 4.90 Å². The number of rotatable bonds is 3. The van der Waals surface area contributed by atoms with Crippen LogP contribution in [0.25, 0.3) is 0 Å². The van der Waals surface area contributed by atoms with Crippen LogP contribution in [0.1, 0.15) is 19.4 Å². The van der Waals surface area contributed by atoms with E-state index in [1.54, 1.807) is 25.2 Å². The molecule has 1 aliphatic heterocycles. The molecule has 1 aromatic carbocycles. The largest absolute Gasteiger partial charge is 0.416 e. The van der Waals surface area contributed by atoms with E-state index in [0.29, 0.717) is 11.3 Å². The molecule has 0 bridgehead atoms. The Hall–Kier alpha value is -1.73. The predicted molar refractivity (Wildman–Crippen MR) is 93.0 cm³/mol. The Morgan fingerprint density at radius 1 is 1.20 bits per heavy atom. The third-order valence-corrected chi connectivity index (χ3v) is 3.97. The average Bonchev–Trinajstić information content (AvgIpc) is 2.75. The molecule has 0 unspecified atom stereocenters. The van der Waals surface area contributed by atoms with Gasteiger partial charge in [-0.15, -0.1) is 0 Å². The summed E-state index contributed by atoms with van der Waals surface area (Å²) >= 11 is 12.0. The smallest absolute Gasteiger partial charge is 0.383 e. The highest BCUT2D eigenvalue weighted by atomic mass is 35.5. The van der Waals surface area contributed by atoms with Crippen molar-refractivity contribution < 1.29 is 18.0 Å². The van der Waals surface area contributed by atoms with Gasteiger partial charge in [0, 0.05) is 20.3 Å². The van der Waals surface area contributed by atoms with Gasteiger partial charge >= 0.3 is 6.18 Å². The van der Waals surface area contributed by atoms with E-state index in [4.69, 9.17) is 23.2 Å². The van der Waals surface area contributed by atoms with E-state index >= 15 is 0 Å². The molecule has 0 N–H and O–H groups in total. The summed E-state index contributed by atoms with van der Waals surface area (Å²) in [4.78, 5) is 14.4. The SMILES string of the molecule is CC(C)C1=NN(c2c(Cl)cc(C(F)(F)F)cc2Cl)C(=O)C1=CN(C)C. The lowest BCUT2D eigenvalue weighted by atomic mass is 10.0. The van der Waals surface area contributed by atoms with Crippen LogP contribution < -0.4 is 5.01 Å². The lowest BCUT2D eigenvalue weighted by Crippen LogP contribution is -2.24. The van der Waals surface area contributed by atoms with Crippen LogP contribution >= 0.6 is 23.2 Å². The molecule has 1 aromatic rings. The number of halogens is 5. The number of hydrazone groups is 1. The number of alkyl halides is 3. The van der Waals surface area contributed by atoms with Crippen molar-refractivity contribution in [2.45, 2.75) is 20.0 Å². The Labute approximate surface area is 153 Å². The number of hydrogen-bond donors (Lipinski definition) is 0. The van der Waals surface area contributed by atoms with Gasteiger partial charge in [-0.05, 0) is 18.1 Å². The van der Waals surface area contributed by atoms with Crippen LogP contribution in [0, 0.1) is 5.92 Å². The fourth-order valence-electron chi connectivity index (χ4n) is 2.32. The molecule has 0 radical (unpaired) electrons. The maximum Gasteiger partial charge on any atom is 0.416 e. The molecule has 0 saturated heterocycles. The van der Waals surface area contributed by atoms with Crippen LogP contribution in [0.4, 0.5) is 18.9 Å². The van der Waals surface area contributed by atoms with E-state index in [-0.39, 0.29) is 21.7 Å². The lowest BCUT2D eigenvalue weighted by molar-refractivity contribution is -0.137. The molecule has 1 aliphatic rings. The maximum atomic E-state index is 12.9. The number of carbonyl (C=O) groups excluding carboxylic acids is 1. The van der Waals surface area contributed by atoms with Gasteiger partial charge in [-0.2, -0.15) is 23.3 Å². The second-order valence-corrected chi connectivity index (χ2v) is 6.86. The first-order valence-electron chi connectivity index (χ1n) is 7.31. The third-order valence-electron chi connectivity index (χ3n) is 3.40. The van der Waals surface area contributed by atoms with Crippen LogP contribution in [-0.4, -0.2) is 30.6 Å². The molecule has 25 heavy (non-hydrogen) atoms. The Morgan fingerprint density at radius 2 is 1.72 bits per heavy atom. The summed E-state index contributed by atoms with van der Waals surface area (Å²) in [6.45, 7) is 3.71. The first-order chi connectivity index (χ1) is 11.4. The molecular weight excluding hydrogens is 378 g/mol. The van der Waals surface area contributed by atoms with Gasteiger partial charge in [-0.1, -0.05) is 37.0 Å². The fourth-order valence-corrected chi connectivity index (χ4v) is 2.97. The third kappa shape index (κ3) is 3.93.